The fraction of sp³-hybridized carbons (Fsp3) is 0.348. The first-order valence-corrected chi connectivity index (χ1v) is 12.0. The van der Waals surface area contributed by atoms with Crippen LogP contribution in [0.2, 0.25) is 0 Å². The van der Waals surface area contributed by atoms with Gasteiger partial charge in [-0.25, -0.2) is 8.42 Å². The second-order valence-electron chi connectivity index (χ2n) is 7.79. The molecule has 0 bridgehead atoms. The molecule has 0 atom stereocenters. The lowest BCUT2D eigenvalue weighted by Gasteiger charge is -2.26. The molecule has 3 rings (SSSR count). The molecular formula is C23H25F3N2O5S. The van der Waals surface area contributed by atoms with Crippen LogP contribution >= 0.6 is 0 Å². The molecular weight excluding hydrogens is 473 g/mol. The highest BCUT2D eigenvalue weighted by molar-refractivity contribution is 7.89. The summed E-state index contributed by atoms with van der Waals surface area (Å²) >= 11 is 0. The molecule has 34 heavy (non-hydrogen) atoms. The quantitative estimate of drug-likeness (QED) is 0.580. The minimum Gasteiger partial charge on any atom is -0.489 e. The molecule has 2 aromatic rings. The minimum absolute atomic E-state index is 0.0253. The molecule has 0 radical (unpaired) electrons. The van der Waals surface area contributed by atoms with E-state index in [1.54, 1.807) is 13.8 Å². The zero-order chi connectivity index (χ0) is 24.9. The molecule has 1 heterocycles. The molecule has 1 fully saturated rings. The number of benzene rings is 2. The van der Waals surface area contributed by atoms with Crippen molar-refractivity contribution < 1.29 is 35.9 Å². The van der Waals surface area contributed by atoms with Crippen molar-refractivity contribution in [2.45, 2.75) is 31.0 Å². The van der Waals surface area contributed by atoms with E-state index in [9.17, 15) is 26.4 Å². The van der Waals surface area contributed by atoms with Crippen LogP contribution in [0.3, 0.4) is 0 Å². The van der Waals surface area contributed by atoms with Crippen LogP contribution in [-0.4, -0.2) is 51.0 Å². The zero-order valence-corrected chi connectivity index (χ0v) is 19.4. The van der Waals surface area contributed by atoms with Crippen molar-refractivity contribution in [3.8, 4) is 5.75 Å². The number of halogens is 3. The molecule has 1 amide bonds. The van der Waals surface area contributed by atoms with Crippen LogP contribution in [0.1, 0.15) is 25.0 Å². The lowest BCUT2D eigenvalue weighted by molar-refractivity contribution is -0.137. The van der Waals surface area contributed by atoms with E-state index in [1.807, 2.05) is 0 Å². The number of alkyl halides is 3. The Hall–Kier alpha value is -2.89. The summed E-state index contributed by atoms with van der Waals surface area (Å²) < 4.78 is 76.9. The highest BCUT2D eigenvalue weighted by Gasteiger charge is 2.30. The molecule has 1 aliphatic heterocycles. The smallest absolute Gasteiger partial charge is 0.416 e. The number of amides is 1. The molecule has 0 aromatic heterocycles. The summed E-state index contributed by atoms with van der Waals surface area (Å²) in [6, 6.07) is 8.70. The number of hydrogen-bond acceptors (Lipinski definition) is 5. The van der Waals surface area contributed by atoms with Crippen LogP contribution in [0.25, 0.3) is 6.08 Å². The number of nitrogens with zero attached hydrogens (tertiary/aromatic N) is 1. The van der Waals surface area contributed by atoms with E-state index in [4.69, 9.17) is 9.47 Å². The van der Waals surface area contributed by atoms with Crippen molar-refractivity contribution in [3.63, 3.8) is 0 Å². The number of ether oxygens (including phenoxy) is 2. The van der Waals surface area contributed by atoms with Crippen LogP contribution in [-0.2, 0) is 25.7 Å². The van der Waals surface area contributed by atoms with Crippen molar-refractivity contribution in [1.29, 1.82) is 0 Å². The Kier molecular flexibility index (Phi) is 8.01. The summed E-state index contributed by atoms with van der Waals surface area (Å²) in [5.41, 5.74) is -0.516. The maximum atomic E-state index is 13.0. The number of hydrogen-bond donors (Lipinski definition) is 1. The first kappa shape index (κ1) is 25.7. The number of rotatable bonds is 7. The largest absolute Gasteiger partial charge is 0.489 e. The number of sulfonamides is 1. The molecule has 7 nitrogen and oxygen atoms in total. The maximum absolute atomic E-state index is 13.0. The third-order valence-electron chi connectivity index (χ3n) is 4.82. The van der Waals surface area contributed by atoms with Crippen molar-refractivity contribution >= 4 is 27.7 Å². The Balaban J connectivity index is 1.84. The number of anilines is 1. The maximum Gasteiger partial charge on any atom is 0.416 e. The monoisotopic (exact) mass is 498 g/mol. The van der Waals surface area contributed by atoms with E-state index in [2.05, 4.69) is 5.32 Å². The fourth-order valence-electron chi connectivity index (χ4n) is 3.22. The van der Waals surface area contributed by atoms with Crippen LogP contribution in [0.4, 0.5) is 18.9 Å². The van der Waals surface area contributed by atoms with Gasteiger partial charge in [0.2, 0.25) is 15.9 Å². The summed E-state index contributed by atoms with van der Waals surface area (Å²) in [4.78, 5) is 12.5. The minimum atomic E-state index is -4.50. The Morgan fingerprint density at radius 2 is 1.85 bits per heavy atom. The first-order valence-electron chi connectivity index (χ1n) is 10.5. The molecule has 0 saturated carbocycles. The molecule has 1 aliphatic rings. The van der Waals surface area contributed by atoms with Crippen molar-refractivity contribution in [1.82, 2.24) is 4.31 Å². The summed E-state index contributed by atoms with van der Waals surface area (Å²) in [5.74, 6) is -0.399. The second kappa shape index (κ2) is 10.6. The van der Waals surface area contributed by atoms with E-state index in [-0.39, 0.29) is 54.3 Å². The van der Waals surface area contributed by atoms with E-state index in [0.29, 0.717) is 0 Å². The Morgan fingerprint density at radius 3 is 2.50 bits per heavy atom. The first-order chi connectivity index (χ1) is 16.0. The molecule has 0 unspecified atom stereocenters. The molecule has 184 valence electrons. The van der Waals surface area contributed by atoms with Gasteiger partial charge in [-0.15, -0.1) is 0 Å². The molecule has 0 aliphatic carbocycles. The Morgan fingerprint density at radius 1 is 1.15 bits per heavy atom. The van der Waals surface area contributed by atoms with Gasteiger partial charge in [-0.1, -0.05) is 12.1 Å². The van der Waals surface area contributed by atoms with Gasteiger partial charge in [0.1, 0.15) is 5.75 Å². The number of carbonyl (C=O) groups excluding carboxylic acids is 1. The van der Waals surface area contributed by atoms with Gasteiger partial charge in [0.15, 0.2) is 0 Å². The lowest BCUT2D eigenvalue weighted by Crippen LogP contribution is -2.40. The normalized spacial score (nSPS) is 15.6. The average Bonchev–Trinajstić information content (AvgIpc) is 2.78. The Bertz CT molecular complexity index is 1160. The highest BCUT2D eigenvalue weighted by Crippen LogP contribution is 2.31. The van der Waals surface area contributed by atoms with Crippen molar-refractivity contribution in [2.75, 3.05) is 31.6 Å². The van der Waals surface area contributed by atoms with E-state index in [1.165, 1.54) is 40.7 Å². The summed E-state index contributed by atoms with van der Waals surface area (Å²) in [7, 11) is -3.82. The standard InChI is InChI=1S/C23H25F3N2O5S/c1-16(2)33-21-8-7-19(34(30,31)28-10-12-32-13-11-28)15-20(21)27-22(29)9-6-17-4-3-5-18(14-17)23(24,25)26/h3-9,14-16H,10-13H2,1-2H3,(H,27,29). The Labute approximate surface area is 196 Å². The fourth-order valence-corrected chi connectivity index (χ4v) is 4.66. The highest BCUT2D eigenvalue weighted by atomic mass is 32.2. The predicted molar refractivity (Wildman–Crippen MR) is 121 cm³/mol. The van der Waals surface area contributed by atoms with Crippen molar-refractivity contribution in [3.05, 3.63) is 59.7 Å². The second-order valence-corrected chi connectivity index (χ2v) is 9.72. The average molecular weight is 499 g/mol. The van der Waals surface area contributed by atoms with Gasteiger partial charge in [0, 0.05) is 19.2 Å². The van der Waals surface area contributed by atoms with Gasteiger partial charge < -0.3 is 14.8 Å². The van der Waals surface area contributed by atoms with Gasteiger partial charge in [-0.05, 0) is 55.8 Å². The van der Waals surface area contributed by atoms with E-state index >= 15 is 0 Å². The van der Waals surface area contributed by atoms with Gasteiger partial charge in [0.25, 0.3) is 0 Å². The van der Waals surface area contributed by atoms with Crippen LogP contribution in [0, 0.1) is 0 Å². The zero-order valence-electron chi connectivity index (χ0n) is 18.6. The lowest BCUT2D eigenvalue weighted by atomic mass is 10.1. The van der Waals surface area contributed by atoms with Gasteiger partial charge in [-0.2, -0.15) is 17.5 Å². The number of nitrogens with one attached hydrogen (secondary N) is 1. The summed E-state index contributed by atoms with van der Waals surface area (Å²) in [6.45, 7) is 4.56. The molecule has 0 spiro atoms. The van der Waals surface area contributed by atoms with Crippen LogP contribution in [0.15, 0.2) is 53.4 Å². The molecule has 1 N–H and O–H groups in total. The number of carbonyl (C=O) groups is 1. The molecule has 11 heteroatoms. The van der Waals surface area contributed by atoms with Gasteiger partial charge in [-0.3, -0.25) is 4.79 Å². The van der Waals surface area contributed by atoms with Gasteiger partial charge in [0.05, 0.1) is 35.5 Å². The third-order valence-corrected chi connectivity index (χ3v) is 6.72. The van der Waals surface area contributed by atoms with E-state index < -0.39 is 27.7 Å². The predicted octanol–water partition coefficient (Wildman–Crippen LogP) is 4.17. The molecule has 2 aromatic carbocycles. The summed E-state index contributed by atoms with van der Waals surface area (Å²) in [5, 5.41) is 2.57. The van der Waals surface area contributed by atoms with Crippen LogP contribution in [0.5, 0.6) is 5.75 Å². The van der Waals surface area contributed by atoms with Crippen molar-refractivity contribution in [2.24, 2.45) is 0 Å². The van der Waals surface area contributed by atoms with Gasteiger partial charge >= 0.3 is 6.18 Å². The third kappa shape index (κ3) is 6.58. The van der Waals surface area contributed by atoms with E-state index in [0.717, 1.165) is 18.2 Å². The SMILES string of the molecule is CC(C)Oc1ccc(S(=O)(=O)N2CCOCC2)cc1NC(=O)C=Cc1cccc(C(F)(F)F)c1. The van der Waals surface area contributed by atoms with Crippen LogP contribution < -0.4 is 10.1 Å². The molecule has 1 saturated heterocycles. The summed E-state index contributed by atoms with van der Waals surface area (Å²) in [6.07, 6.45) is -2.45. The number of morpholine rings is 1. The topological polar surface area (TPSA) is 84.9 Å².